The number of unbranched alkanes of at least 4 members (excludes halogenated alkanes) is 2. The van der Waals surface area contributed by atoms with Gasteiger partial charge in [0.05, 0.1) is 0 Å². The van der Waals surface area contributed by atoms with E-state index in [1.54, 1.807) is 0 Å². The van der Waals surface area contributed by atoms with Crippen molar-refractivity contribution >= 4 is 0 Å². The zero-order valence-corrected chi connectivity index (χ0v) is 9.71. The average molecular weight is 183 g/mol. The zero-order valence-electron chi connectivity index (χ0n) is 9.71. The van der Waals surface area contributed by atoms with Gasteiger partial charge >= 0.3 is 0 Å². The molecule has 0 heterocycles. The third kappa shape index (κ3) is 3.30. The van der Waals surface area contributed by atoms with Gasteiger partial charge in [-0.1, -0.05) is 39.5 Å². The van der Waals surface area contributed by atoms with E-state index in [2.05, 4.69) is 32.8 Å². The Bertz CT molecular complexity index is 142. The smallest absolute Gasteiger partial charge is 0.0124 e. The van der Waals surface area contributed by atoms with Crippen molar-refractivity contribution in [2.45, 2.75) is 52.0 Å². The molecule has 0 radical (unpaired) electrons. The van der Waals surface area contributed by atoms with Gasteiger partial charge in [0.15, 0.2) is 0 Å². The molecule has 1 aliphatic carbocycles. The van der Waals surface area contributed by atoms with Crippen molar-refractivity contribution in [1.29, 1.82) is 0 Å². The van der Waals surface area contributed by atoms with Gasteiger partial charge in [-0.2, -0.15) is 0 Å². The Morgan fingerprint density at radius 2 is 2.00 bits per heavy atom. The predicted octanol–water partition coefficient (Wildman–Crippen LogP) is 3.15. The summed E-state index contributed by atoms with van der Waals surface area (Å²) in [5.41, 5.74) is 0. The molecule has 0 aliphatic heterocycles. The first-order chi connectivity index (χ1) is 6.16. The van der Waals surface area contributed by atoms with E-state index in [-0.39, 0.29) is 0 Å². The number of nitrogens with zero attached hydrogens (tertiary/aromatic N) is 1. The quantitative estimate of drug-likeness (QED) is 0.572. The largest absolute Gasteiger partial charge is 0.306 e. The highest BCUT2D eigenvalue weighted by atomic mass is 15.1. The minimum atomic E-state index is 0.900. The molecule has 78 valence electrons. The van der Waals surface area contributed by atoms with Crippen LogP contribution in [0.3, 0.4) is 0 Å². The zero-order chi connectivity index (χ0) is 9.84. The Labute approximate surface area is 83.5 Å². The second-order valence-corrected chi connectivity index (χ2v) is 4.90. The predicted molar refractivity (Wildman–Crippen MR) is 58.9 cm³/mol. The Morgan fingerprint density at radius 3 is 2.46 bits per heavy atom. The van der Waals surface area contributed by atoms with E-state index in [0.717, 1.165) is 17.9 Å². The molecule has 0 aromatic heterocycles. The Morgan fingerprint density at radius 1 is 1.31 bits per heavy atom. The van der Waals surface area contributed by atoms with E-state index < -0.39 is 0 Å². The maximum atomic E-state index is 2.43. The second kappa shape index (κ2) is 4.99. The van der Waals surface area contributed by atoms with Crippen molar-refractivity contribution in [2.75, 3.05) is 14.1 Å². The summed E-state index contributed by atoms with van der Waals surface area (Å²) in [6, 6.07) is 0.900. The lowest BCUT2D eigenvalue weighted by Gasteiger charge is -2.13. The summed E-state index contributed by atoms with van der Waals surface area (Å²) in [6.45, 7) is 4.72. The highest BCUT2D eigenvalue weighted by molar-refractivity contribution is 4.95. The fraction of sp³-hybridized carbons (Fsp3) is 1.00. The molecule has 0 N–H and O–H groups in total. The molecule has 0 bridgehead atoms. The fourth-order valence-electron chi connectivity index (χ4n) is 2.34. The van der Waals surface area contributed by atoms with Crippen molar-refractivity contribution in [2.24, 2.45) is 11.8 Å². The Balaban J connectivity index is 2.09. The number of rotatable bonds is 6. The Hall–Kier alpha value is -0.0400. The van der Waals surface area contributed by atoms with E-state index in [1.165, 1.54) is 32.1 Å². The SMILES string of the molecule is CCCCCC(C)C1CC1N(C)C. The number of hydrogen-bond acceptors (Lipinski definition) is 1. The van der Waals surface area contributed by atoms with Gasteiger partial charge in [0.25, 0.3) is 0 Å². The summed E-state index contributed by atoms with van der Waals surface area (Å²) in [6.07, 6.45) is 7.11. The summed E-state index contributed by atoms with van der Waals surface area (Å²) in [5.74, 6) is 1.96. The molecule has 1 heteroatoms. The standard InChI is InChI=1S/C12H25N/c1-5-6-7-8-10(2)11-9-12(11)13(3)4/h10-12H,5-9H2,1-4H3. The molecule has 1 rings (SSSR count). The first kappa shape index (κ1) is 11.0. The number of hydrogen-bond donors (Lipinski definition) is 0. The van der Waals surface area contributed by atoms with Crippen molar-refractivity contribution < 1.29 is 0 Å². The minimum Gasteiger partial charge on any atom is -0.306 e. The lowest BCUT2D eigenvalue weighted by Crippen LogP contribution is -2.18. The van der Waals surface area contributed by atoms with Crippen LogP contribution in [0.2, 0.25) is 0 Å². The summed E-state index contributed by atoms with van der Waals surface area (Å²) in [4.78, 5) is 2.39. The van der Waals surface area contributed by atoms with E-state index >= 15 is 0 Å². The van der Waals surface area contributed by atoms with Gasteiger partial charge in [0, 0.05) is 6.04 Å². The van der Waals surface area contributed by atoms with E-state index in [4.69, 9.17) is 0 Å². The third-order valence-corrected chi connectivity index (χ3v) is 3.46. The third-order valence-electron chi connectivity index (χ3n) is 3.46. The summed E-state index contributed by atoms with van der Waals surface area (Å²) >= 11 is 0. The van der Waals surface area contributed by atoms with Gasteiger partial charge in [0.2, 0.25) is 0 Å². The van der Waals surface area contributed by atoms with Crippen molar-refractivity contribution in [3.8, 4) is 0 Å². The van der Waals surface area contributed by atoms with Crippen LogP contribution < -0.4 is 0 Å². The summed E-state index contributed by atoms with van der Waals surface area (Å²) < 4.78 is 0. The molecule has 0 saturated heterocycles. The van der Waals surface area contributed by atoms with Gasteiger partial charge < -0.3 is 4.90 Å². The maximum absolute atomic E-state index is 2.43. The molecule has 1 aliphatic rings. The van der Waals surface area contributed by atoms with Crippen LogP contribution in [0.4, 0.5) is 0 Å². The maximum Gasteiger partial charge on any atom is 0.0124 e. The highest BCUT2D eigenvalue weighted by Gasteiger charge is 2.41. The van der Waals surface area contributed by atoms with Crippen molar-refractivity contribution in [3.05, 3.63) is 0 Å². The molecule has 3 unspecified atom stereocenters. The van der Waals surface area contributed by atoms with Gasteiger partial charge in [-0.25, -0.2) is 0 Å². The van der Waals surface area contributed by atoms with Gasteiger partial charge in [0.1, 0.15) is 0 Å². The normalized spacial score (nSPS) is 29.3. The lowest BCUT2D eigenvalue weighted by molar-refractivity contribution is 0.333. The van der Waals surface area contributed by atoms with E-state index in [1.807, 2.05) is 0 Å². The van der Waals surface area contributed by atoms with Crippen LogP contribution in [0.1, 0.15) is 46.0 Å². The van der Waals surface area contributed by atoms with Crippen LogP contribution in [-0.4, -0.2) is 25.0 Å². The molecule has 0 aromatic rings. The molecule has 0 amide bonds. The molecule has 13 heavy (non-hydrogen) atoms. The minimum absolute atomic E-state index is 0.900. The first-order valence-corrected chi connectivity index (χ1v) is 5.83. The lowest BCUT2D eigenvalue weighted by atomic mass is 9.98. The molecule has 1 nitrogen and oxygen atoms in total. The Kier molecular flexibility index (Phi) is 4.24. The molecule has 1 fully saturated rings. The van der Waals surface area contributed by atoms with Gasteiger partial charge in [-0.15, -0.1) is 0 Å². The first-order valence-electron chi connectivity index (χ1n) is 5.83. The van der Waals surface area contributed by atoms with Crippen LogP contribution in [0.25, 0.3) is 0 Å². The van der Waals surface area contributed by atoms with Crippen LogP contribution in [0.5, 0.6) is 0 Å². The fourth-order valence-corrected chi connectivity index (χ4v) is 2.34. The van der Waals surface area contributed by atoms with Crippen molar-refractivity contribution in [1.82, 2.24) is 4.90 Å². The van der Waals surface area contributed by atoms with Crippen LogP contribution in [0.15, 0.2) is 0 Å². The molecular formula is C12H25N. The van der Waals surface area contributed by atoms with Crippen molar-refractivity contribution in [3.63, 3.8) is 0 Å². The van der Waals surface area contributed by atoms with E-state index in [9.17, 15) is 0 Å². The molecule has 1 saturated carbocycles. The van der Waals surface area contributed by atoms with Crippen LogP contribution >= 0.6 is 0 Å². The molecule has 0 spiro atoms. The van der Waals surface area contributed by atoms with Gasteiger partial charge in [-0.05, 0) is 32.4 Å². The van der Waals surface area contributed by atoms with E-state index in [0.29, 0.717) is 0 Å². The van der Waals surface area contributed by atoms with Crippen LogP contribution in [-0.2, 0) is 0 Å². The average Bonchev–Trinajstić information content (AvgIpc) is 2.83. The summed E-state index contributed by atoms with van der Waals surface area (Å²) in [5, 5.41) is 0. The molecule has 3 atom stereocenters. The topological polar surface area (TPSA) is 3.24 Å². The van der Waals surface area contributed by atoms with Gasteiger partial charge in [-0.3, -0.25) is 0 Å². The highest BCUT2D eigenvalue weighted by Crippen LogP contribution is 2.42. The second-order valence-electron chi connectivity index (χ2n) is 4.90. The molecular weight excluding hydrogens is 158 g/mol. The van der Waals surface area contributed by atoms with Crippen LogP contribution in [0, 0.1) is 11.8 Å². The summed E-state index contributed by atoms with van der Waals surface area (Å²) in [7, 11) is 4.42. The molecule has 0 aromatic carbocycles. The monoisotopic (exact) mass is 183 g/mol.